The molecule has 0 radical (unpaired) electrons. The standard InChI is InChI=1S/C12H16BrN3O2S3/c1-2-7-21(17,18)10-11(14)16-20-12(10)15-6-5-8-3-4-9(13)19-8/h3-4,15H,2,5-7H2,1H3,(H2,14,16). The Bertz CT molecular complexity index is 709. The van der Waals surface area contributed by atoms with Crippen LogP contribution >= 0.6 is 38.8 Å². The van der Waals surface area contributed by atoms with Crippen molar-refractivity contribution in [3.8, 4) is 0 Å². The van der Waals surface area contributed by atoms with Crippen LogP contribution in [0, 0.1) is 0 Å². The summed E-state index contributed by atoms with van der Waals surface area (Å²) >= 11 is 6.19. The first-order chi connectivity index (χ1) is 9.94. The van der Waals surface area contributed by atoms with Crippen molar-refractivity contribution in [2.75, 3.05) is 23.3 Å². The molecule has 0 atom stereocenters. The maximum Gasteiger partial charge on any atom is 0.185 e. The molecular weight excluding hydrogens is 394 g/mol. The van der Waals surface area contributed by atoms with Gasteiger partial charge in [-0.3, -0.25) is 0 Å². The van der Waals surface area contributed by atoms with Gasteiger partial charge < -0.3 is 11.1 Å². The number of hydrogen-bond donors (Lipinski definition) is 2. The molecule has 0 aliphatic carbocycles. The number of nitrogen functional groups attached to an aromatic ring is 1. The van der Waals surface area contributed by atoms with E-state index in [-0.39, 0.29) is 16.5 Å². The molecule has 0 bridgehead atoms. The number of halogens is 1. The third-order valence-electron chi connectivity index (χ3n) is 2.74. The number of anilines is 2. The summed E-state index contributed by atoms with van der Waals surface area (Å²) in [5, 5.41) is 3.68. The van der Waals surface area contributed by atoms with Crippen LogP contribution in [0.25, 0.3) is 0 Å². The second-order valence-corrected chi connectivity index (χ2v) is 9.79. The molecule has 2 rings (SSSR count). The molecule has 0 aliphatic heterocycles. The first kappa shape index (κ1) is 16.7. The van der Waals surface area contributed by atoms with Crippen molar-refractivity contribution in [3.05, 3.63) is 20.8 Å². The van der Waals surface area contributed by atoms with E-state index in [9.17, 15) is 8.42 Å². The fourth-order valence-corrected chi connectivity index (χ4v) is 5.99. The fraction of sp³-hybridized carbons (Fsp3) is 0.417. The van der Waals surface area contributed by atoms with Crippen LogP contribution in [-0.2, 0) is 16.3 Å². The number of sulfone groups is 1. The lowest BCUT2D eigenvalue weighted by atomic mass is 10.3. The van der Waals surface area contributed by atoms with Crippen molar-refractivity contribution in [2.45, 2.75) is 24.7 Å². The molecule has 0 aromatic carbocycles. The molecule has 0 spiro atoms. The van der Waals surface area contributed by atoms with Gasteiger partial charge in [0.2, 0.25) is 0 Å². The molecule has 5 nitrogen and oxygen atoms in total. The molecule has 2 heterocycles. The fourth-order valence-electron chi connectivity index (χ4n) is 1.86. The number of thiophene rings is 1. The Kier molecular flexibility index (Phi) is 5.64. The Morgan fingerprint density at radius 1 is 1.43 bits per heavy atom. The summed E-state index contributed by atoms with van der Waals surface area (Å²) in [6.07, 6.45) is 1.38. The molecule has 3 N–H and O–H groups in total. The van der Waals surface area contributed by atoms with E-state index in [0.717, 1.165) is 21.7 Å². The van der Waals surface area contributed by atoms with Crippen molar-refractivity contribution < 1.29 is 8.42 Å². The lowest BCUT2D eigenvalue weighted by Crippen LogP contribution is -2.11. The summed E-state index contributed by atoms with van der Waals surface area (Å²) in [5.74, 6) is 0.178. The van der Waals surface area contributed by atoms with E-state index in [0.29, 0.717) is 18.0 Å². The lowest BCUT2D eigenvalue weighted by Gasteiger charge is -2.07. The molecule has 2 aromatic rings. The third kappa shape index (κ3) is 4.18. The van der Waals surface area contributed by atoms with Gasteiger partial charge in [0.15, 0.2) is 15.7 Å². The zero-order chi connectivity index (χ0) is 15.5. The Labute approximate surface area is 140 Å². The molecule has 0 amide bonds. The van der Waals surface area contributed by atoms with Gasteiger partial charge in [0.25, 0.3) is 0 Å². The third-order valence-corrected chi connectivity index (χ3v) is 7.36. The molecule has 0 fully saturated rings. The van der Waals surface area contributed by atoms with Gasteiger partial charge in [-0.1, -0.05) is 6.92 Å². The van der Waals surface area contributed by atoms with Crippen LogP contribution in [0.3, 0.4) is 0 Å². The number of nitrogens with zero attached hydrogens (tertiary/aromatic N) is 1. The summed E-state index contributed by atoms with van der Waals surface area (Å²) in [5.41, 5.74) is 5.72. The lowest BCUT2D eigenvalue weighted by molar-refractivity contribution is 0.595. The maximum absolute atomic E-state index is 12.2. The average Bonchev–Trinajstić information content (AvgIpc) is 2.96. The average molecular weight is 410 g/mol. The molecule has 9 heteroatoms. The van der Waals surface area contributed by atoms with Crippen LogP contribution in [0.15, 0.2) is 20.8 Å². The SMILES string of the molecule is CCCS(=O)(=O)c1c(N)nsc1NCCc1ccc(Br)s1. The van der Waals surface area contributed by atoms with Gasteiger partial charge in [-0.15, -0.1) is 11.3 Å². The van der Waals surface area contributed by atoms with Crippen LogP contribution in [0.4, 0.5) is 10.8 Å². The zero-order valence-corrected chi connectivity index (χ0v) is 15.5. The highest BCUT2D eigenvalue weighted by atomic mass is 79.9. The molecular formula is C12H16BrN3O2S3. The second-order valence-electron chi connectivity index (χ2n) is 4.43. The van der Waals surface area contributed by atoms with Gasteiger partial charge in [0, 0.05) is 11.4 Å². The van der Waals surface area contributed by atoms with E-state index in [4.69, 9.17) is 5.73 Å². The summed E-state index contributed by atoms with van der Waals surface area (Å²) in [7, 11) is -3.36. The van der Waals surface area contributed by atoms with Crippen LogP contribution < -0.4 is 11.1 Å². The van der Waals surface area contributed by atoms with Gasteiger partial charge in [0.05, 0.1) is 9.54 Å². The van der Waals surface area contributed by atoms with Gasteiger partial charge in [-0.2, -0.15) is 4.37 Å². The van der Waals surface area contributed by atoms with Gasteiger partial charge >= 0.3 is 0 Å². The minimum absolute atomic E-state index is 0.0855. The Morgan fingerprint density at radius 2 is 2.19 bits per heavy atom. The van der Waals surface area contributed by atoms with E-state index in [1.54, 1.807) is 11.3 Å². The van der Waals surface area contributed by atoms with Crippen LogP contribution in [-0.4, -0.2) is 25.1 Å². The summed E-state index contributed by atoms with van der Waals surface area (Å²) < 4.78 is 29.5. The highest BCUT2D eigenvalue weighted by Crippen LogP contribution is 2.32. The highest BCUT2D eigenvalue weighted by molar-refractivity contribution is 9.11. The Morgan fingerprint density at radius 3 is 2.81 bits per heavy atom. The van der Waals surface area contributed by atoms with Crippen molar-refractivity contribution in [3.63, 3.8) is 0 Å². The Hall–Kier alpha value is -0.640. The van der Waals surface area contributed by atoms with E-state index in [2.05, 4.69) is 25.6 Å². The second kappa shape index (κ2) is 7.08. The van der Waals surface area contributed by atoms with E-state index >= 15 is 0 Å². The number of aromatic nitrogens is 1. The smallest absolute Gasteiger partial charge is 0.185 e. The van der Waals surface area contributed by atoms with Gasteiger partial charge in [-0.25, -0.2) is 8.42 Å². The molecule has 0 aliphatic rings. The van der Waals surface area contributed by atoms with Crippen LogP contribution in [0.5, 0.6) is 0 Å². The van der Waals surface area contributed by atoms with Crippen molar-refractivity contribution in [2.24, 2.45) is 0 Å². The van der Waals surface area contributed by atoms with Crippen molar-refractivity contribution in [1.82, 2.24) is 4.37 Å². The number of hydrogen-bond acceptors (Lipinski definition) is 7. The maximum atomic E-state index is 12.2. The zero-order valence-electron chi connectivity index (χ0n) is 11.4. The van der Waals surface area contributed by atoms with Crippen LogP contribution in [0.2, 0.25) is 0 Å². The number of rotatable bonds is 7. The first-order valence-corrected chi connectivity index (χ1v) is 10.4. The van der Waals surface area contributed by atoms with E-state index in [1.807, 2.05) is 19.1 Å². The number of nitrogens with one attached hydrogen (secondary N) is 1. The topological polar surface area (TPSA) is 85.1 Å². The molecule has 116 valence electrons. The minimum atomic E-state index is -3.36. The monoisotopic (exact) mass is 409 g/mol. The van der Waals surface area contributed by atoms with Crippen molar-refractivity contribution in [1.29, 1.82) is 0 Å². The normalized spacial score (nSPS) is 11.7. The molecule has 0 saturated heterocycles. The van der Waals surface area contributed by atoms with Crippen LogP contribution in [0.1, 0.15) is 18.2 Å². The number of nitrogens with two attached hydrogens (primary N) is 1. The molecule has 21 heavy (non-hydrogen) atoms. The Balaban J connectivity index is 2.07. The molecule has 0 saturated carbocycles. The van der Waals surface area contributed by atoms with E-state index < -0.39 is 9.84 Å². The first-order valence-electron chi connectivity index (χ1n) is 6.40. The highest BCUT2D eigenvalue weighted by Gasteiger charge is 2.24. The summed E-state index contributed by atoms with van der Waals surface area (Å²) in [4.78, 5) is 1.38. The van der Waals surface area contributed by atoms with E-state index in [1.165, 1.54) is 4.88 Å². The molecule has 0 unspecified atom stereocenters. The summed E-state index contributed by atoms with van der Waals surface area (Å²) in [6, 6.07) is 4.05. The minimum Gasteiger partial charge on any atom is -0.382 e. The summed E-state index contributed by atoms with van der Waals surface area (Å²) in [6.45, 7) is 2.47. The molecule has 2 aromatic heterocycles. The largest absolute Gasteiger partial charge is 0.382 e. The predicted molar refractivity (Wildman–Crippen MR) is 93.1 cm³/mol. The van der Waals surface area contributed by atoms with Gasteiger partial charge in [0.1, 0.15) is 9.90 Å². The van der Waals surface area contributed by atoms with Gasteiger partial charge in [-0.05, 0) is 52.4 Å². The quantitative estimate of drug-likeness (QED) is 0.731. The predicted octanol–water partition coefficient (Wildman–Crippen LogP) is 3.39. The van der Waals surface area contributed by atoms with Crippen molar-refractivity contribution >= 4 is 59.5 Å².